The molecule has 1 aromatic heterocycles. The summed E-state index contributed by atoms with van der Waals surface area (Å²) in [5.74, 6) is -0.0596. The molecule has 0 aliphatic carbocycles. The molecule has 1 amide bonds. The number of amides is 1. The van der Waals surface area contributed by atoms with Gasteiger partial charge in [-0.05, 0) is 17.7 Å². The molecule has 2 rings (SSSR count). The Bertz CT molecular complexity index is 751. The van der Waals surface area contributed by atoms with Crippen LogP contribution >= 0.6 is 23.1 Å². The topological polar surface area (TPSA) is 103 Å². The molecule has 0 aliphatic rings. The largest absolute Gasteiger partial charge is 0.476 e. The van der Waals surface area contributed by atoms with Gasteiger partial charge in [0.2, 0.25) is 5.91 Å². The molecule has 0 saturated heterocycles. The highest BCUT2D eigenvalue weighted by molar-refractivity contribution is 7.99. The highest BCUT2D eigenvalue weighted by Gasteiger charge is 2.09. The summed E-state index contributed by atoms with van der Waals surface area (Å²) in [6.45, 7) is 0.433. The quantitative estimate of drug-likeness (QED) is 0.748. The Morgan fingerprint density at radius 1 is 1.33 bits per heavy atom. The van der Waals surface area contributed by atoms with Gasteiger partial charge >= 0.3 is 5.97 Å². The monoisotopic (exact) mass is 361 g/mol. The normalized spacial score (nSPS) is 10.1. The minimum absolute atomic E-state index is 0.0410. The van der Waals surface area contributed by atoms with Crippen LogP contribution in [0.15, 0.2) is 29.6 Å². The van der Waals surface area contributed by atoms with Gasteiger partial charge in [-0.3, -0.25) is 4.79 Å². The van der Waals surface area contributed by atoms with Crippen molar-refractivity contribution < 1.29 is 14.7 Å². The van der Waals surface area contributed by atoms with Gasteiger partial charge in [-0.25, -0.2) is 9.78 Å². The maximum atomic E-state index is 11.8. The summed E-state index contributed by atoms with van der Waals surface area (Å²) in [4.78, 5) is 26.4. The number of hydrogen-bond donors (Lipinski definition) is 2. The number of thioether (sulfide) groups is 1. The number of benzene rings is 1. The number of thiazole rings is 1. The van der Waals surface area contributed by atoms with Crippen LogP contribution in [0.4, 0.5) is 0 Å². The molecular formula is C16H15N3O3S2. The van der Waals surface area contributed by atoms with Crippen molar-refractivity contribution in [2.45, 2.75) is 12.2 Å². The van der Waals surface area contributed by atoms with Crippen molar-refractivity contribution in [3.8, 4) is 6.07 Å². The smallest absolute Gasteiger partial charge is 0.355 e. The molecule has 0 atom stereocenters. The third-order valence-corrected chi connectivity index (χ3v) is 4.93. The lowest BCUT2D eigenvalue weighted by Gasteiger charge is -2.04. The SMILES string of the molecule is N#Cc1ccc(CSCC(=O)NCCc2nc(C(=O)O)cs2)cc1. The second-order valence-electron chi connectivity index (χ2n) is 4.83. The molecule has 0 radical (unpaired) electrons. The first-order valence-electron chi connectivity index (χ1n) is 7.09. The van der Waals surface area contributed by atoms with E-state index in [9.17, 15) is 9.59 Å². The van der Waals surface area contributed by atoms with Crippen molar-refractivity contribution in [1.82, 2.24) is 10.3 Å². The van der Waals surface area contributed by atoms with Crippen molar-refractivity contribution in [2.24, 2.45) is 0 Å². The standard InChI is InChI=1S/C16H15N3O3S2/c17-7-11-1-3-12(4-2-11)8-23-10-14(20)18-6-5-15-19-13(9-24-15)16(21)22/h1-4,9H,5-6,8,10H2,(H,18,20)(H,21,22). The van der Waals surface area contributed by atoms with Crippen LogP contribution in [0.2, 0.25) is 0 Å². The van der Waals surface area contributed by atoms with Gasteiger partial charge < -0.3 is 10.4 Å². The van der Waals surface area contributed by atoms with E-state index >= 15 is 0 Å². The highest BCUT2D eigenvalue weighted by Crippen LogP contribution is 2.13. The molecule has 124 valence electrons. The number of nitrogens with zero attached hydrogens (tertiary/aromatic N) is 2. The molecule has 0 spiro atoms. The molecule has 8 heteroatoms. The number of hydrogen-bond acceptors (Lipinski definition) is 6. The van der Waals surface area contributed by atoms with Crippen molar-refractivity contribution in [1.29, 1.82) is 5.26 Å². The van der Waals surface area contributed by atoms with Crippen LogP contribution in [0.25, 0.3) is 0 Å². The van der Waals surface area contributed by atoms with Gasteiger partial charge in [-0.1, -0.05) is 12.1 Å². The molecule has 0 aliphatic heterocycles. The number of nitrogens with one attached hydrogen (secondary N) is 1. The van der Waals surface area contributed by atoms with Crippen molar-refractivity contribution in [2.75, 3.05) is 12.3 Å². The predicted molar refractivity (Wildman–Crippen MR) is 93.1 cm³/mol. The second-order valence-corrected chi connectivity index (χ2v) is 6.76. The molecule has 0 fully saturated rings. The van der Waals surface area contributed by atoms with Gasteiger partial charge in [0.25, 0.3) is 0 Å². The fraction of sp³-hybridized carbons (Fsp3) is 0.250. The lowest BCUT2D eigenvalue weighted by atomic mass is 10.2. The van der Waals surface area contributed by atoms with E-state index in [1.165, 1.54) is 28.5 Å². The van der Waals surface area contributed by atoms with E-state index in [-0.39, 0.29) is 11.6 Å². The van der Waals surface area contributed by atoms with Crippen LogP contribution in [0.5, 0.6) is 0 Å². The summed E-state index contributed by atoms with van der Waals surface area (Å²) in [5.41, 5.74) is 1.73. The summed E-state index contributed by atoms with van der Waals surface area (Å²) in [6, 6.07) is 9.35. The third-order valence-electron chi connectivity index (χ3n) is 3.02. The second kappa shape index (κ2) is 9.05. The Morgan fingerprint density at radius 3 is 2.71 bits per heavy atom. The average Bonchev–Trinajstić information content (AvgIpc) is 3.05. The Kier molecular flexibility index (Phi) is 6.78. The van der Waals surface area contributed by atoms with Gasteiger partial charge in [0.05, 0.1) is 22.4 Å². The molecule has 0 unspecified atom stereocenters. The zero-order valence-corrected chi connectivity index (χ0v) is 14.3. The summed E-state index contributed by atoms with van der Waals surface area (Å²) >= 11 is 2.77. The third kappa shape index (κ3) is 5.68. The number of aromatic carboxylic acids is 1. The Hall–Kier alpha value is -2.37. The fourth-order valence-electron chi connectivity index (χ4n) is 1.82. The summed E-state index contributed by atoms with van der Waals surface area (Å²) in [7, 11) is 0. The molecule has 1 aromatic carbocycles. The maximum Gasteiger partial charge on any atom is 0.355 e. The predicted octanol–water partition coefficient (Wildman–Crippen LogP) is 2.31. The van der Waals surface area contributed by atoms with Crippen LogP contribution in [0, 0.1) is 11.3 Å². The van der Waals surface area contributed by atoms with Crippen LogP contribution in [0.1, 0.15) is 26.6 Å². The van der Waals surface area contributed by atoms with Gasteiger partial charge in [-0.15, -0.1) is 23.1 Å². The van der Waals surface area contributed by atoms with E-state index in [1.54, 1.807) is 12.1 Å². The molecular weight excluding hydrogens is 346 g/mol. The fourth-order valence-corrected chi connectivity index (χ4v) is 3.41. The first kappa shape index (κ1) is 18.0. The lowest BCUT2D eigenvalue weighted by Crippen LogP contribution is -2.27. The van der Waals surface area contributed by atoms with Gasteiger partial charge in [0.1, 0.15) is 0 Å². The van der Waals surface area contributed by atoms with Gasteiger partial charge in [0, 0.05) is 24.1 Å². The Labute approximate surface area is 147 Å². The Morgan fingerprint density at radius 2 is 2.08 bits per heavy atom. The summed E-state index contributed by atoms with van der Waals surface area (Å²) in [6.07, 6.45) is 0.518. The number of carbonyl (C=O) groups is 2. The first-order chi connectivity index (χ1) is 11.6. The van der Waals surface area contributed by atoms with Crippen molar-refractivity contribution in [3.63, 3.8) is 0 Å². The van der Waals surface area contributed by atoms with Gasteiger partial charge in [-0.2, -0.15) is 5.26 Å². The molecule has 2 N–H and O–H groups in total. The van der Waals surface area contributed by atoms with E-state index in [0.717, 1.165) is 5.56 Å². The molecule has 0 bridgehead atoms. The van der Waals surface area contributed by atoms with Gasteiger partial charge in [0.15, 0.2) is 5.69 Å². The summed E-state index contributed by atoms with van der Waals surface area (Å²) < 4.78 is 0. The Balaban J connectivity index is 1.64. The number of rotatable bonds is 8. The molecule has 6 nitrogen and oxygen atoms in total. The van der Waals surface area contributed by atoms with E-state index in [0.29, 0.717) is 35.0 Å². The molecule has 1 heterocycles. The number of carboxylic acid groups (broad SMARTS) is 1. The van der Waals surface area contributed by atoms with Crippen LogP contribution < -0.4 is 5.32 Å². The number of carboxylic acids is 1. The van der Waals surface area contributed by atoms with Crippen molar-refractivity contribution in [3.05, 3.63) is 51.5 Å². The number of nitriles is 1. The lowest BCUT2D eigenvalue weighted by molar-refractivity contribution is -0.118. The minimum atomic E-state index is -1.04. The summed E-state index contributed by atoms with van der Waals surface area (Å²) in [5, 5.41) is 22.5. The first-order valence-corrected chi connectivity index (χ1v) is 9.13. The minimum Gasteiger partial charge on any atom is -0.476 e. The van der Waals surface area contributed by atoms with Crippen LogP contribution in [0.3, 0.4) is 0 Å². The molecule has 2 aromatic rings. The molecule has 24 heavy (non-hydrogen) atoms. The zero-order chi connectivity index (χ0) is 17.4. The zero-order valence-electron chi connectivity index (χ0n) is 12.7. The average molecular weight is 361 g/mol. The maximum absolute atomic E-state index is 11.8. The van der Waals surface area contributed by atoms with Crippen LogP contribution in [-0.2, 0) is 17.0 Å². The number of aromatic nitrogens is 1. The number of carbonyl (C=O) groups excluding carboxylic acids is 1. The molecule has 0 saturated carbocycles. The van der Waals surface area contributed by atoms with E-state index in [1.807, 2.05) is 12.1 Å². The van der Waals surface area contributed by atoms with E-state index in [2.05, 4.69) is 16.4 Å². The van der Waals surface area contributed by atoms with Crippen molar-refractivity contribution >= 4 is 35.0 Å². The van der Waals surface area contributed by atoms with E-state index < -0.39 is 5.97 Å². The van der Waals surface area contributed by atoms with Crippen LogP contribution in [-0.4, -0.2) is 34.3 Å². The van der Waals surface area contributed by atoms with E-state index in [4.69, 9.17) is 10.4 Å². The highest BCUT2D eigenvalue weighted by atomic mass is 32.2.